The highest BCUT2D eigenvalue weighted by atomic mass is 15.0. The van der Waals surface area contributed by atoms with Crippen LogP contribution in [0.1, 0.15) is 31.0 Å². The lowest BCUT2D eigenvalue weighted by Gasteiger charge is -2.10. The minimum atomic E-state index is 0.393. The first-order valence-corrected chi connectivity index (χ1v) is 6.24. The van der Waals surface area contributed by atoms with Crippen molar-refractivity contribution in [1.29, 1.82) is 0 Å². The van der Waals surface area contributed by atoms with Gasteiger partial charge in [0, 0.05) is 24.4 Å². The van der Waals surface area contributed by atoms with E-state index in [1.807, 2.05) is 13.1 Å². The van der Waals surface area contributed by atoms with Crippen molar-refractivity contribution in [3.8, 4) is 11.4 Å². The first-order chi connectivity index (χ1) is 8.60. The van der Waals surface area contributed by atoms with Gasteiger partial charge in [0.05, 0.1) is 0 Å². The molecule has 0 bridgehead atoms. The maximum atomic E-state index is 4.63. The van der Waals surface area contributed by atoms with Gasteiger partial charge in [-0.2, -0.15) is 0 Å². The van der Waals surface area contributed by atoms with Crippen LogP contribution in [0.4, 0.5) is 5.82 Å². The van der Waals surface area contributed by atoms with Gasteiger partial charge in [0.1, 0.15) is 5.82 Å². The molecular weight excluding hydrogens is 222 g/mol. The third-order valence-electron chi connectivity index (χ3n) is 2.90. The minimum Gasteiger partial charge on any atom is -0.373 e. The smallest absolute Gasteiger partial charge is 0.161 e. The van der Waals surface area contributed by atoms with Gasteiger partial charge in [-0.3, -0.25) is 0 Å². The molecule has 0 radical (unpaired) electrons. The van der Waals surface area contributed by atoms with E-state index in [0.717, 1.165) is 22.9 Å². The van der Waals surface area contributed by atoms with Gasteiger partial charge >= 0.3 is 0 Å². The SMILES string of the molecule is CNc1cc(C(C)C)nc(-c2ccc(C)cc2)n1. The summed E-state index contributed by atoms with van der Waals surface area (Å²) in [6.07, 6.45) is 0. The van der Waals surface area contributed by atoms with Crippen molar-refractivity contribution in [2.75, 3.05) is 12.4 Å². The average Bonchev–Trinajstić information content (AvgIpc) is 2.39. The number of aromatic nitrogens is 2. The number of anilines is 1. The molecule has 0 spiro atoms. The second-order valence-electron chi connectivity index (χ2n) is 4.77. The van der Waals surface area contributed by atoms with Gasteiger partial charge in [0.15, 0.2) is 5.82 Å². The molecule has 0 atom stereocenters. The van der Waals surface area contributed by atoms with Crippen LogP contribution in [-0.4, -0.2) is 17.0 Å². The highest BCUT2D eigenvalue weighted by molar-refractivity contribution is 5.58. The number of benzene rings is 1. The summed E-state index contributed by atoms with van der Waals surface area (Å²) in [5.41, 5.74) is 3.36. The zero-order valence-electron chi connectivity index (χ0n) is 11.4. The summed E-state index contributed by atoms with van der Waals surface area (Å²) in [6.45, 7) is 6.36. The largest absolute Gasteiger partial charge is 0.373 e. The minimum absolute atomic E-state index is 0.393. The summed E-state index contributed by atoms with van der Waals surface area (Å²) >= 11 is 0. The lowest BCUT2D eigenvalue weighted by molar-refractivity contribution is 0.817. The number of nitrogens with zero attached hydrogens (tertiary/aromatic N) is 2. The van der Waals surface area contributed by atoms with Crippen LogP contribution in [0, 0.1) is 6.92 Å². The Balaban J connectivity index is 2.49. The second kappa shape index (κ2) is 5.17. The normalized spacial score (nSPS) is 10.7. The fourth-order valence-electron chi connectivity index (χ4n) is 1.72. The standard InChI is InChI=1S/C15H19N3/c1-10(2)13-9-14(16-4)18-15(17-13)12-7-5-11(3)6-8-12/h5-10H,1-4H3,(H,16,17,18). The third-order valence-corrected chi connectivity index (χ3v) is 2.90. The Morgan fingerprint density at radius 2 is 1.72 bits per heavy atom. The van der Waals surface area contributed by atoms with Crippen LogP contribution in [0.2, 0.25) is 0 Å². The highest BCUT2D eigenvalue weighted by Gasteiger charge is 2.08. The lowest BCUT2D eigenvalue weighted by atomic mass is 10.1. The zero-order chi connectivity index (χ0) is 13.1. The summed E-state index contributed by atoms with van der Waals surface area (Å²) in [7, 11) is 1.88. The van der Waals surface area contributed by atoms with Crippen molar-refractivity contribution in [1.82, 2.24) is 9.97 Å². The van der Waals surface area contributed by atoms with Crippen LogP contribution >= 0.6 is 0 Å². The van der Waals surface area contributed by atoms with Gasteiger partial charge in [-0.1, -0.05) is 43.7 Å². The number of aryl methyl sites for hydroxylation is 1. The molecule has 1 aromatic carbocycles. The van der Waals surface area contributed by atoms with Crippen molar-refractivity contribution < 1.29 is 0 Å². The Morgan fingerprint density at radius 1 is 1.06 bits per heavy atom. The van der Waals surface area contributed by atoms with E-state index in [2.05, 4.69) is 60.3 Å². The van der Waals surface area contributed by atoms with Crippen LogP contribution in [0.3, 0.4) is 0 Å². The van der Waals surface area contributed by atoms with Crippen LogP contribution < -0.4 is 5.32 Å². The van der Waals surface area contributed by atoms with Gasteiger partial charge in [0.25, 0.3) is 0 Å². The van der Waals surface area contributed by atoms with E-state index < -0.39 is 0 Å². The van der Waals surface area contributed by atoms with Gasteiger partial charge < -0.3 is 5.32 Å². The van der Waals surface area contributed by atoms with E-state index >= 15 is 0 Å². The van der Waals surface area contributed by atoms with E-state index in [4.69, 9.17) is 0 Å². The molecule has 94 valence electrons. The summed E-state index contributed by atoms with van der Waals surface area (Å²) < 4.78 is 0. The molecule has 2 aromatic rings. The van der Waals surface area contributed by atoms with Gasteiger partial charge in [0.2, 0.25) is 0 Å². The van der Waals surface area contributed by atoms with Crippen LogP contribution in [-0.2, 0) is 0 Å². The van der Waals surface area contributed by atoms with Gasteiger partial charge in [-0.15, -0.1) is 0 Å². The maximum absolute atomic E-state index is 4.63. The number of hydrogen-bond acceptors (Lipinski definition) is 3. The molecule has 2 rings (SSSR count). The molecule has 18 heavy (non-hydrogen) atoms. The Kier molecular flexibility index (Phi) is 3.60. The molecular formula is C15H19N3. The van der Waals surface area contributed by atoms with Crippen LogP contribution in [0.15, 0.2) is 30.3 Å². The molecule has 1 heterocycles. The Labute approximate surface area is 108 Å². The van der Waals surface area contributed by atoms with E-state index in [1.54, 1.807) is 0 Å². The second-order valence-corrected chi connectivity index (χ2v) is 4.77. The van der Waals surface area contributed by atoms with Crippen molar-refractivity contribution in [3.63, 3.8) is 0 Å². The molecule has 0 aliphatic rings. The van der Waals surface area contributed by atoms with Crippen molar-refractivity contribution in [3.05, 3.63) is 41.6 Å². The fraction of sp³-hybridized carbons (Fsp3) is 0.333. The molecule has 0 amide bonds. The quantitative estimate of drug-likeness (QED) is 0.892. The summed E-state index contributed by atoms with van der Waals surface area (Å²) in [5.74, 6) is 2.04. The van der Waals surface area contributed by atoms with Crippen molar-refractivity contribution >= 4 is 5.82 Å². The molecule has 0 saturated heterocycles. The average molecular weight is 241 g/mol. The Bertz CT molecular complexity index is 530. The molecule has 1 aromatic heterocycles. The number of nitrogens with one attached hydrogen (secondary N) is 1. The maximum Gasteiger partial charge on any atom is 0.161 e. The monoisotopic (exact) mass is 241 g/mol. The highest BCUT2D eigenvalue weighted by Crippen LogP contribution is 2.21. The van der Waals surface area contributed by atoms with Crippen LogP contribution in [0.5, 0.6) is 0 Å². The zero-order valence-corrected chi connectivity index (χ0v) is 11.4. The summed E-state index contributed by atoms with van der Waals surface area (Å²) in [4.78, 5) is 9.14. The first-order valence-electron chi connectivity index (χ1n) is 6.24. The van der Waals surface area contributed by atoms with Gasteiger partial charge in [-0.05, 0) is 12.8 Å². The molecule has 1 N–H and O–H groups in total. The van der Waals surface area contributed by atoms with E-state index in [1.165, 1.54) is 5.56 Å². The fourth-order valence-corrected chi connectivity index (χ4v) is 1.72. The van der Waals surface area contributed by atoms with Gasteiger partial charge in [-0.25, -0.2) is 9.97 Å². The van der Waals surface area contributed by atoms with E-state index in [-0.39, 0.29) is 0 Å². The molecule has 0 saturated carbocycles. The molecule has 0 unspecified atom stereocenters. The molecule has 3 heteroatoms. The third kappa shape index (κ3) is 2.67. The topological polar surface area (TPSA) is 37.8 Å². The number of hydrogen-bond donors (Lipinski definition) is 1. The van der Waals surface area contributed by atoms with Crippen LogP contribution in [0.25, 0.3) is 11.4 Å². The Morgan fingerprint density at radius 3 is 2.28 bits per heavy atom. The molecule has 0 aliphatic heterocycles. The molecule has 3 nitrogen and oxygen atoms in total. The summed E-state index contributed by atoms with van der Waals surface area (Å²) in [6, 6.07) is 10.3. The lowest BCUT2D eigenvalue weighted by Crippen LogP contribution is -2.02. The number of rotatable bonds is 3. The summed E-state index contributed by atoms with van der Waals surface area (Å²) in [5, 5.41) is 3.09. The predicted octanol–water partition coefficient (Wildman–Crippen LogP) is 3.62. The van der Waals surface area contributed by atoms with E-state index in [0.29, 0.717) is 5.92 Å². The Hall–Kier alpha value is -1.90. The molecule has 0 fully saturated rings. The molecule has 0 aliphatic carbocycles. The first kappa shape index (κ1) is 12.6. The van der Waals surface area contributed by atoms with Crippen molar-refractivity contribution in [2.24, 2.45) is 0 Å². The predicted molar refractivity (Wildman–Crippen MR) is 75.8 cm³/mol. The van der Waals surface area contributed by atoms with Crippen molar-refractivity contribution in [2.45, 2.75) is 26.7 Å². The van der Waals surface area contributed by atoms with E-state index in [9.17, 15) is 0 Å².